The fraction of sp³-hybridized carbons (Fsp3) is 0.167. The quantitative estimate of drug-likeness (QED) is 0.161. The molecular formula is C24H16Cl7N3O3. The zero-order valence-corrected chi connectivity index (χ0v) is 24.4. The van der Waals surface area contributed by atoms with Crippen LogP contribution in [0.1, 0.15) is 33.3 Å². The average molecular weight is 643 g/mol. The van der Waals surface area contributed by atoms with Gasteiger partial charge in [-0.1, -0.05) is 87.3 Å². The second kappa shape index (κ2) is 11.5. The van der Waals surface area contributed by atoms with E-state index in [9.17, 15) is 4.79 Å². The Labute approximate surface area is 247 Å². The first-order valence-corrected chi connectivity index (χ1v) is 13.1. The van der Waals surface area contributed by atoms with E-state index in [2.05, 4.69) is 10.4 Å². The molecule has 0 spiro atoms. The molecule has 194 valence electrons. The van der Waals surface area contributed by atoms with Crippen molar-refractivity contribution in [1.82, 2.24) is 9.78 Å². The number of furan rings is 1. The van der Waals surface area contributed by atoms with Crippen molar-refractivity contribution in [2.24, 2.45) is 0 Å². The molecule has 1 N–H and O–H groups in total. The van der Waals surface area contributed by atoms with E-state index in [4.69, 9.17) is 90.4 Å². The molecular weight excluding hydrogens is 626 g/mol. The van der Waals surface area contributed by atoms with Gasteiger partial charge in [-0.2, -0.15) is 5.10 Å². The number of ether oxygens (including phenoxy) is 1. The fourth-order valence-electron chi connectivity index (χ4n) is 3.47. The van der Waals surface area contributed by atoms with Crippen molar-refractivity contribution in [3.05, 3.63) is 94.0 Å². The second-order valence-corrected chi connectivity index (χ2v) is 10.5. The van der Waals surface area contributed by atoms with E-state index in [1.54, 1.807) is 35.9 Å². The summed E-state index contributed by atoms with van der Waals surface area (Å²) in [7, 11) is 0. The molecule has 0 bridgehead atoms. The molecule has 4 rings (SSSR count). The molecule has 4 aromatic rings. The number of nitrogens with zero attached hydrogens (tertiary/aromatic N) is 2. The van der Waals surface area contributed by atoms with Crippen LogP contribution in [0, 0.1) is 13.8 Å². The fourth-order valence-corrected chi connectivity index (χ4v) is 5.22. The molecule has 13 heteroatoms. The van der Waals surface area contributed by atoms with E-state index >= 15 is 0 Å². The van der Waals surface area contributed by atoms with E-state index < -0.39 is 5.91 Å². The van der Waals surface area contributed by atoms with Crippen molar-refractivity contribution in [2.45, 2.75) is 27.0 Å². The third kappa shape index (κ3) is 5.81. The van der Waals surface area contributed by atoms with Crippen LogP contribution in [0.5, 0.6) is 5.75 Å². The maximum absolute atomic E-state index is 12.9. The number of aryl methyl sites for hydroxylation is 1. The van der Waals surface area contributed by atoms with Crippen LogP contribution in [0.4, 0.5) is 5.69 Å². The first kappa shape index (κ1) is 28.2. The average Bonchev–Trinajstić information content (AvgIpc) is 3.44. The van der Waals surface area contributed by atoms with Crippen LogP contribution in [-0.4, -0.2) is 15.7 Å². The maximum atomic E-state index is 12.9. The van der Waals surface area contributed by atoms with Crippen molar-refractivity contribution >= 4 is 92.8 Å². The number of halogens is 7. The lowest BCUT2D eigenvalue weighted by Crippen LogP contribution is -2.12. The summed E-state index contributed by atoms with van der Waals surface area (Å²) >= 11 is 43.1. The van der Waals surface area contributed by atoms with E-state index in [-0.39, 0.29) is 43.2 Å². The molecule has 0 radical (unpaired) electrons. The molecule has 2 heterocycles. The van der Waals surface area contributed by atoms with Crippen LogP contribution < -0.4 is 10.1 Å². The van der Waals surface area contributed by atoms with Crippen molar-refractivity contribution in [2.75, 3.05) is 5.32 Å². The number of carbonyl (C=O) groups excluding carboxylic acids is 1. The first-order chi connectivity index (χ1) is 17.5. The van der Waals surface area contributed by atoms with Gasteiger partial charge in [-0.05, 0) is 38.1 Å². The van der Waals surface area contributed by atoms with Gasteiger partial charge < -0.3 is 14.5 Å². The first-order valence-electron chi connectivity index (χ1n) is 10.5. The third-order valence-electron chi connectivity index (χ3n) is 5.40. The number of hydrogen-bond acceptors (Lipinski definition) is 4. The molecule has 0 fully saturated rings. The second-order valence-electron chi connectivity index (χ2n) is 7.81. The monoisotopic (exact) mass is 639 g/mol. The molecule has 2 aromatic carbocycles. The summed E-state index contributed by atoms with van der Waals surface area (Å²) in [6, 6.07) is 8.38. The highest BCUT2D eigenvalue weighted by molar-refractivity contribution is 6.55. The maximum Gasteiger partial charge on any atom is 0.291 e. The standard InChI is InChI=1S/C24H16Cl7N3O3/c1-10-22(11(2)34(33-10)8-13-14(25)4-3-5-15(13)26)32-24(35)16-7-6-12(37-16)9-36-23-20(30)18(28)17(27)19(29)21(23)31/h3-7H,8-9H2,1-2H3,(H,32,35). The Morgan fingerprint density at radius 1 is 0.919 bits per heavy atom. The van der Waals surface area contributed by atoms with Crippen molar-refractivity contribution in [3.8, 4) is 5.75 Å². The molecule has 0 atom stereocenters. The Kier molecular flexibility index (Phi) is 8.81. The van der Waals surface area contributed by atoms with Gasteiger partial charge in [-0.15, -0.1) is 0 Å². The third-order valence-corrected chi connectivity index (χ3v) is 8.35. The topological polar surface area (TPSA) is 69.3 Å². The lowest BCUT2D eigenvalue weighted by molar-refractivity contribution is 0.0992. The number of aromatic nitrogens is 2. The van der Waals surface area contributed by atoms with E-state index in [1.165, 1.54) is 6.07 Å². The Morgan fingerprint density at radius 2 is 1.51 bits per heavy atom. The summed E-state index contributed by atoms with van der Waals surface area (Å²) in [5.41, 5.74) is 2.61. The Balaban J connectivity index is 1.47. The largest absolute Gasteiger partial charge is 0.482 e. The summed E-state index contributed by atoms with van der Waals surface area (Å²) in [5, 5.41) is 8.47. The minimum atomic E-state index is -0.471. The van der Waals surface area contributed by atoms with Crippen LogP contribution in [-0.2, 0) is 13.2 Å². The summed E-state index contributed by atoms with van der Waals surface area (Å²) in [6.07, 6.45) is 0. The highest BCUT2D eigenvalue weighted by Gasteiger charge is 2.22. The summed E-state index contributed by atoms with van der Waals surface area (Å²) in [4.78, 5) is 12.9. The zero-order chi connectivity index (χ0) is 27.0. The van der Waals surface area contributed by atoms with Gasteiger partial charge in [0.15, 0.2) is 11.5 Å². The lowest BCUT2D eigenvalue weighted by atomic mass is 10.2. The van der Waals surface area contributed by atoms with E-state index in [0.717, 1.165) is 11.3 Å². The summed E-state index contributed by atoms with van der Waals surface area (Å²) in [5.74, 6) is -0.0375. The molecule has 0 aliphatic carbocycles. The van der Waals surface area contributed by atoms with Crippen molar-refractivity contribution in [1.29, 1.82) is 0 Å². The molecule has 0 saturated heterocycles. The number of rotatable bonds is 7. The molecule has 0 unspecified atom stereocenters. The number of hydrogen-bond donors (Lipinski definition) is 1. The molecule has 37 heavy (non-hydrogen) atoms. The normalized spacial score (nSPS) is 11.2. The highest BCUT2D eigenvalue weighted by Crippen LogP contribution is 2.48. The van der Waals surface area contributed by atoms with Crippen molar-refractivity contribution < 1.29 is 13.9 Å². The molecule has 2 aromatic heterocycles. The predicted molar refractivity (Wildman–Crippen MR) is 150 cm³/mol. The number of amides is 1. The SMILES string of the molecule is Cc1nn(Cc2c(Cl)cccc2Cl)c(C)c1NC(=O)c1ccc(COc2c(Cl)c(Cl)c(Cl)c(Cl)c2Cl)o1. The van der Waals surface area contributed by atoms with Crippen molar-refractivity contribution in [3.63, 3.8) is 0 Å². The molecule has 6 nitrogen and oxygen atoms in total. The number of nitrogens with one attached hydrogen (secondary N) is 1. The number of benzene rings is 2. The van der Waals surface area contributed by atoms with Crippen LogP contribution in [0.15, 0.2) is 34.7 Å². The van der Waals surface area contributed by atoms with Gasteiger partial charge in [0.05, 0.1) is 38.7 Å². The van der Waals surface area contributed by atoms with Crippen LogP contribution >= 0.6 is 81.2 Å². The molecule has 0 aliphatic heterocycles. The van der Waals surface area contributed by atoms with Gasteiger partial charge in [-0.25, -0.2) is 0 Å². The van der Waals surface area contributed by atoms with Gasteiger partial charge in [0.1, 0.15) is 22.4 Å². The number of carbonyl (C=O) groups is 1. The summed E-state index contributed by atoms with van der Waals surface area (Å²) in [6.45, 7) is 3.85. The molecule has 1 amide bonds. The van der Waals surface area contributed by atoms with Crippen LogP contribution in [0.25, 0.3) is 0 Å². The van der Waals surface area contributed by atoms with Gasteiger partial charge in [-0.3, -0.25) is 9.48 Å². The smallest absolute Gasteiger partial charge is 0.291 e. The predicted octanol–water partition coefficient (Wildman–Crippen LogP) is 9.55. The molecule has 0 saturated carbocycles. The van der Waals surface area contributed by atoms with Gasteiger partial charge in [0, 0.05) is 15.6 Å². The Hall–Kier alpha value is -1.77. The Bertz CT molecular complexity index is 1460. The summed E-state index contributed by atoms with van der Waals surface area (Å²) < 4.78 is 13.0. The zero-order valence-electron chi connectivity index (χ0n) is 19.1. The minimum Gasteiger partial charge on any atom is -0.482 e. The van der Waals surface area contributed by atoms with Gasteiger partial charge in [0.25, 0.3) is 5.91 Å². The van der Waals surface area contributed by atoms with Crippen LogP contribution in [0.3, 0.4) is 0 Å². The van der Waals surface area contributed by atoms with E-state index in [1.807, 2.05) is 6.92 Å². The Morgan fingerprint density at radius 3 is 2.14 bits per heavy atom. The van der Waals surface area contributed by atoms with Gasteiger partial charge >= 0.3 is 0 Å². The van der Waals surface area contributed by atoms with E-state index in [0.29, 0.717) is 33.7 Å². The number of anilines is 1. The lowest BCUT2D eigenvalue weighted by Gasteiger charge is -2.12. The van der Waals surface area contributed by atoms with Gasteiger partial charge in [0.2, 0.25) is 0 Å². The highest BCUT2D eigenvalue weighted by atomic mass is 35.5. The molecule has 0 aliphatic rings. The van der Waals surface area contributed by atoms with Crippen LogP contribution in [0.2, 0.25) is 35.2 Å². The minimum absolute atomic E-state index is 0.00614.